The van der Waals surface area contributed by atoms with E-state index in [9.17, 15) is 18.0 Å². The van der Waals surface area contributed by atoms with Crippen LogP contribution >= 0.6 is 0 Å². The lowest BCUT2D eigenvalue weighted by Crippen LogP contribution is -2.25. The zero-order valence-corrected chi connectivity index (χ0v) is 9.09. The van der Waals surface area contributed by atoms with E-state index in [0.29, 0.717) is 0 Å². The number of rotatable bonds is 1. The van der Waals surface area contributed by atoms with E-state index in [1.54, 1.807) is 0 Å². The van der Waals surface area contributed by atoms with Gasteiger partial charge >= 0.3 is 6.18 Å². The molecule has 1 rings (SSSR count). The SMILES string of the molecule is Cc1cc(C(F)(F)F)c(C(=O)N(C)C)cn1. The average Bonchev–Trinajstić information content (AvgIpc) is 2.15. The summed E-state index contributed by atoms with van der Waals surface area (Å²) < 4.78 is 38.0. The van der Waals surface area contributed by atoms with Crippen LogP contribution in [0.4, 0.5) is 13.2 Å². The van der Waals surface area contributed by atoms with Crippen LogP contribution < -0.4 is 0 Å². The van der Waals surface area contributed by atoms with E-state index >= 15 is 0 Å². The third-order valence-corrected chi connectivity index (χ3v) is 1.98. The Morgan fingerprint density at radius 1 is 1.38 bits per heavy atom. The Hall–Kier alpha value is -1.59. The summed E-state index contributed by atoms with van der Waals surface area (Å²) in [6.07, 6.45) is -3.59. The number of nitrogens with zero attached hydrogens (tertiary/aromatic N) is 2. The lowest BCUT2D eigenvalue weighted by atomic mass is 10.1. The smallest absolute Gasteiger partial charge is 0.345 e. The normalized spacial score (nSPS) is 11.4. The van der Waals surface area contributed by atoms with E-state index in [0.717, 1.165) is 17.2 Å². The lowest BCUT2D eigenvalue weighted by Gasteiger charge is -2.15. The quantitative estimate of drug-likeness (QED) is 0.743. The molecule has 0 bridgehead atoms. The van der Waals surface area contributed by atoms with Crippen LogP contribution in [-0.4, -0.2) is 29.9 Å². The first-order valence-corrected chi connectivity index (χ1v) is 4.49. The Morgan fingerprint density at radius 2 is 1.94 bits per heavy atom. The number of hydrogen-bond acceptors (Lipinski definition) is 2. The first-order valence-electron chi connectivity index (χ1n) is 4.49. The molecule has 0 radical (unpaired) electrons. The first kappa shape index (κ1) is 12.5. The molecule has 0 fully saturated rings. The monoisotopic (exact) mass is 232 g/mol. The van der Waals surface area contributed by atoms with Crippen molar-refractivity contribution in [2.45, 2.75) is 13.1 Å². The minimum Gasteiger partial charge on any atom is -0.345 e. The molecule has 6 heteroatoms. The summed E-state index contributed by atoms with van der Waals surface area (Å²) >= 11 is 0. The molecule has 1 aromatic heterocycles. The van der Waals surface area contributed by atoms with Crippen LogP contribution in [-0.2, 0) is 6.18 Å². The van der Waals surface area contributed by atoms with Crippen molar-refractivity contribution in [1.82, 2.24) is 9.88 Å². The van der Waals surface area contributed by atoms with Crippen LogP contribution in [0.15, 0.2) is 12.3 Å². The number of carbonyl (C=O) groups excluding carboxylic acids is 1. The molecule has 3 nitrogen and oxygen atoms in total. The van der Waals surface area contributed by atoms with Gasteiger partial charge in [-0.05, 0) is 13.0 Å². The Morgan fingerprint density at radius 3 is 2.38 bits per heavy atom. The highest BCUT2D eigenvalue weighted by Crippen LogP contribution is 2.32. The van der Waals surface area contributed by atoms with Crippen LogP contribution in [0.5, 0.6) is 0 Å². The van der Waals surface area contributed by atoms with Gasteiger partial charge < -0.3 is 4.90 Å². The van der Waals surface area contributed by atoms with Gasteiger partial charge in [0.05, 0.1) is 11.1 Å². The highest BCUT2D eigenvalue weighted by molar-refractivity contribution is 5.95. The number of pyridine rings is 1. The fourth-order valence-corrected chi connectivity index (χ4v) is 1.21. The van der Waals surface area contributed by atoms with E-state index in [-0.39, 0.29) is 5.69 Å². The third-order valence-electron chi connectivity index (χ3n) is 1.98. The van der Waals surface area contributed by atoms with Crippen LogP contribution in [0.25, 0.3) is 0 Å². The fourth-order valence-electron chi connectivity index (χ4n) is 1.21. The van der Waals surface area contributed by atoms with Crippen molar-refractivity contribution >= 4 is 5.91 Å². The summed E-state index contributed by atoms with van der Waals surface area (Å²) in [6, 6.07) is 0.872. The predicted octanol–water partition coefficient (Wildman–Crippen LogP) is 2.11. The molecule has 1 heterocycles. The van der Waals surface area contributed by atoms with Crippen molar-refractivity contribution < 1.29 is 18.0 Å². The number of aryl methyl sites for hydroxylation is 1. The average molecular weight is 232 g/mol. The Kier molecular flexibility index (Phi) is 3.21. The van der Waals surface area contributed by atoms with Gasteiger partial charge in [0, 0.05) is 26.0 Å². The fraction of sp³-hybridized carbons (Fsp3) is 0.400. The standard InChI is InChI=1S/C10H11F3N2O/c1-6-4-8(10(11,12)13)7(5-14-6)9(16)15(2)3/h4-5H,1-3H3. The number of aromatic nitrogens is 1. The minimum atomic E-state index is -4.55. The zero-order chi connectivity index (χ0) is 12.5. The second kappa shape index (κ2) is 4.11. The van der Waals surface area contributed by atoms with Crippen molar-refractivity contribution in [3.05, 3.63) is 29.1 Å². The van der Waals surface area contributed by atoms with Gasteiger partial charge in [0.15, 0.2) is 0 Å². The van der Waals surface area contributed by atoms with Gasteiger partial charge in [-0.2, -0.15) is 13.2 Å². The van der Waals surface area contributed by atoms with Crippen molar-refractivity contribution in [3.63, 3.8) is 0 Å². The number of halogens is 3. The second-order valence-corrected chi connectivity index (χ2v) is 3.57. The van der Waals surface area contributed by atoms with Gasteiger partial charge in [-0.3, -0.25) is 9.78 Å². The molecule has 0 unspecified atom stereocenters. The summed E-state index contributed by atoms with van der Waals surface area (Å²) in [7, 11) is 2.78. The first-order chi connectivity index (χ1) is 7.23. The van der Waals surface area contributed by atoms with E-state index in [4.69, 9.17) is 0 Å². The number of amides is 1. The summed E-state index contributed by atoms with van der Waals surface area (Å²) in [5.41, 5.74) is -1.15. The van der Waals surface area contributed by atoms with Gasteiger partial charge in [-0.1, -0.05) is 0 Å². The number of carbonyl (C=O) groups is 1. The van der Waals surface area contributed by atoms with Gasteiger partial charge in [0.25, 0.3) is 5.91 Å². The molecular weight excluding hydrogens is 221 g/mol. The van der Waals surface area contributed by atoms with Crippen molar-refractivity contribution in [2.75, 3.05) is 14.1 Å². The van der Waals surface area contributed by atoms with Gasteiger partial charge in [0.1, 0.15) is 0 Å². The molecule has 0 saturated carbocycles. The highest BCUT2D eigenvalue weighted by Gasteiger charge is 2.36. The Bertz CT molecular complexity index is 413. The van der Waals surface area contributed by atoms with Crippen molar-refractivity contribution in [1.29, 1.82) is 0 Å². The molecule has 0 aliphatic heterocycles. The molecule has 16 heavy (non-hydrogen) atoms. The molecule has 0 N–H and O–H groups in total. The maximum absolute atomic E-state index is 12.7. The number of hydrogen-bond donors (Lipinski definition) is 0. The molecule has 1 aromatic rings. The van der Waals surface area contributed by atoms with Crippen LogP contribution in [0.3, 0.4) is 0 Å². The molecule has 1 amide bonds. The van der Waals surface area contributed by atoms with E-state index in [1.807, 2.05) is 0 Å². The zero-order valence-electron chi connectivity index (χ0n) is 9.09. The lowest BCUT2D eigenvalue weighted by molar-refractivity contribution is -0.138. The second-order valence-electron chi connectivity index (χ2n) is 3.57. The summed E-state index contributed by atoms with van der Waals surface area (Å²) in [5.74, 6) is -0.708. The van der Waals surface area contributed by atoms with E-state index in [2.05, 4.69) is 4.98 Å². The highest BCUT2D eigenvalue weighted by atomic mass is 19.4. The largest absolute Gasteiger partial charge is 0.417 e. The maximum Gasteiger partial charge on any atom is 0.417 e. The van der Waals surface area contributed by atoms with Gasteiger partial charge in [-0.15, -0.1) is 0 Å². The van der Waals surface area contributed by atoms with E-state index < -0.39 is 23.2 Å². The van der Waals surface area contributed by atoms with Gasteiger partial charge in [0.2, 0.25) is 0 Å². The summed E-state index contributed by atoms with van der Waals surface area (Å²) in [4.78, 5) is 16.3. The predicted molar refractivity (Wildman–Crippen MR) is 52.0 cm³/mol. The maximum atomic E-state index is 12.7. The number of alkyl halides is 3. The van der Waals surface area contributed by atoms with E-state index in [1.165, 1.54) is 21.0 Å². The summed E-state index contributed by atoms with van der Waals surface area (Å²) in [5, 5.41) is 0. The minimum absolute atomic E-state index is 0.225. The Labute approximate surface area is 90.9 Å². The molecule has 0 aromatic carbocycles. The topological polar surface area (TPSA) is 33.2 Å². The van der Waals surface area contributed by atoms with Crippen LogP contribution in [0.1, 0.15) is 21.6 Å². The van der Waals surface area contributed by atoms with Crippen LogP contribution in [0, 0.1) is 6.92 Å². The molecule has 0 spiro atoms. The molecular formula is C10H11F3N2O. The third kappa shape index (κ3) is 2.50. The molecule has 0 saturated heterocycles. The Balaban J connectivity index is 3.34. The van der Waals surface area contributed by atoms with Crippen LogP contribution in [0.2, 0.25) is 0 Å². The van der Waals surface area contributed by atoms with Crippen molar-refractivity contribution in [2.24, 2.45) is 0 Å². The summed E-state index contributed by atoms with van der Waals surface area (Å²) in [6.45, 7) is 1.44. The molecule has 0 atom stereocenters. The molecule has 88 valence electrons. The molecule has 0 aliphatic rings. The van der Waals surface area contributed by atoms with Gasteiger partial charge in [-0.25, -0.2) is 0 Å². The molecule has 0 aliphatic carbocycles. The van der Waals surface area contributed by atoms with Crippen molar-refractivity contribution in [3.8, 4) is 0 Å².